The van der Waals surface area contributed by atoms with E-state index < -0.39 is 24.8 Å². The van der Waals surface area contributed by atoms with Crippen LogP contribution in [0.3, 0.4) is 0 Å². The highest BCUT2D eigenvalue weighted by molar-refractivity contribution is 9.09. The number of benzene rings is 2. The Labute approximate surface area is 207 Å². The maximum absolute atomic E-state index is 12.6. The number of aromatic nitrogens is 2. The number of carboxylic acids is 1. The van der Waals surface area contributed by atoms with Crippen LogP contribution in [0.2, 0.25) is 0 Å². The van der Waals surface area contributed by atoms with Crippen molar-refractivity contribution in [2.75, 3.05) is 29.2 Å². The summed E-state index contributed by atoms with van der Waals surface area (Å²) in [6.45, 7) is -0.608. The summed E-state index contributed by atoms with van der Waals surface area (Å²) in [5.74, 6) is 0.0594. The summed E-state index contributed by atoms with van der Waals surface area (Å²) in [5.41, 5.74) is 1.47. The molecule has 0 saturated carbocycles. The molecule has 0 unspecified atom stereocenters. The highest BCUT2D eigenvalue weighted by Gasteiger charge is 2.29. The zero-order chi connectivity index (χ0) is 25.3. The zero-order valence-corrected chi connectivity index (χ0v) is 19.9. The number of alkyl halides is 4. The SMILES string of the molecule is O=C(O)c1ccc(Nc2cc(NCc3ccc(OCCCBr)cc3)nc(OCC(F)(F)F)n2)cc1. The van der Waals surface area contributed by atoms with Crippen molar-refractivity contribution in [1.29, 1.82) is 0 Å². The molecule has 0 saturated heterocycles. The molecule has 0 aliphatic rings. The van der Waals surface area contributed by atoms with Crippen molar-refractivity contribution >= 4 is 39.2 Å². The number of hydrogen-bond donors (Lipinski definition) is 3. The molecular formula is C23H22BrF3N4O4. The zero-order valence-electron chi connectivity index (χ0n) is 18.3. The number of nitrogens with zero attached hydrogens (tertiary/aromatic N) is 2. The van der Waals surface area contributed by atoms with Gasteiger partial charge in [-0.2, -0.15) is 23.1 Å². The topological polar surface area (TPSA) is 106 Å². The number of hydrogen-bond acceptors (Lipinski definition) is 7. The van der Waals surface area contributed by atoms with Crippen molar-refractivity contribution in [3.8, 4) is 11.8 Å². The summed E-state index contributed by atoms with van der Waals surface area (Å²) >= 11 is 3.34. The molecule has 2 aromatic carbocycles. The third kappa shape index (κ3) is 8.96. The largest absolute Gasteiger partial charge is 0.494 e. The molecule has 0 spiro atoms. The van der Waals surface area contributed by atoms with Crippen molar-refractivity contribution in [2.24, 2.45) is 0 Å². The quantitative estimate of drug-likeness (QED) is 0.195. The fourth-order valence-electron chi connectivity index (χ4n) is 2.78. The normalized spacial score (nSPS) is 11.1. The van der Waals surface area contributed by atoms with Crippen LogP contribution in [-0.4, -0.2) is 45.8 Å². The lowest BCUT2D eigenvalue weighted by atomic mass is 10.2. The first-order valence-corrected chi connectivity index (χ1v) is 11.5. The number of halogens is 4. The van der Waals surface area contributed by atoms with Crippen LogP contribution in [0.5, 0.6) is 11.8 Å². The van der Waals surface area contributed by atoms with Crippen LogP contribution in [0.15, 0.2) is 54.6 Å². The fraction of sp³-hybridized carbons (Fsp3) is 0.261. The van der Waals surface area contributed by atoms with E-state index in [1.807, 2.05) is 24.3 Å². The van der Waals surface area contributed by atoms with Gasteiger partial charge in [0.1, 0.15) is 17.4 Å². The molecule has 0 aliphatic heterocycles. The molecule has 186 valence electrons. The molecule has 3 aromatic rings. The fourth-order valence-corrected chi connectivity index (χ4v) is 3.00. The van der Waals surface area contributed by atoms with Crippen LogP contribution in [0.4, 0.5) is 30.5 Å². The van der Waals surface area contributed by atoms with Crippen LogP contribution >= 0.6 is 15.9 Å². The van der Waals surface area contributed by atoms with Gasteiger partial charge in [-0.15, -0.1) is 0 Å². The van der Waals surface area contributed by atoms with Gasteiger partial charge in [0.15, 0.2) is 6.61 Å². The van der Waals surface area contributed by atoms with Gasteiger partial charge in [0.2, 0.25) is 0 Å². The van der Waals surface area contributed by atoms with E-state index in [1.54, 1.807) is 0 Å². The van der Waals surface area contributed by atoms with Crippen LogP contribution < -0.4 is 20.1 Å². The smallest absolute Gasteiger partial charge is 0.422 e. The first-order valence-electron chi connectivity index (χ1n) is 10.4. The average molecular weight is 555 g/mol. The Morgan fingerprint density at radius 2 is 1.69 bits per heavy atom. The Balaban J connectivity index is 1.72. The minimum Gasteiger partial charge on any atom is -0.494 e. The van der Waals surface area contributed by atoms with E-state index in [4.69, 9.17) is 14.6 Å². The third-order valence-electron chi connectivity index (χ3n) is 4.42. The highest BCUT2D eigenvalue weighted by atomic mass is 79.9. The molecule has 12 heteroatoms. The number of carbonyl (C=O) groups is 1. The van der Waals surface area contributed by atoms with Gasteiger partial charge in [-0.1, -0.05) is 28.1 Å². The summed E-state index contributed by atoms with van der Waals surface area (Å²) in [6.07, 6.45) is -3.67. The number of rotatable bonds is 12. The van der Waals surface area contributed by atoms with E-state index in [2.05, 4.69) is 36.5 Å². The molecule has 0 atom stereocenters. The predicted molar refractivity (Wildman–Crippen MR) is 128 cm³/mol. The van der Waals surface area contributed by atoms with E-state index >= 15 is 0 Å². The van der Waals surface area contributed by atoms with Crippen LogP contribution in [0.1, 0.15) is 22.3 Å². The third-order valence-corrected chi connectivity index (χ3v) is 4.98. The minimum atomic E-state index is -4.55. The summed E-state index contributed by atoms with van der Waals surface area (Å²) in [5, 5.41) is 15.8. The van der Waals surface area contributed by atoms with Crippen LogP contribution in [0.25, 0.3) is 0 Å². The van der Waals surface area contributed by atoms with Crippen molar-refractivity contribution < 1.29 is 32.5 Å². The number of anilines is 3. The van der Waals surface area contributed by atoms with Gasteiger partial charge in [-0.25, -0.2) is 4.79 Å². The molecule has 0 aliphatic carbocycles. The number of ether oxygens (including phenoxy) is 2. The molecule has 1 heterocycles. The second-order valence-electron chi connectivity index (χ2n) is 7.22. The van der Waals surface area contributed by atoms with Crippen molar-refractivity contribution in [3.63, 3.8) is 0 Å². The molecule has 0 amide bonds. The summed E-state index contributed by atoms with van der Waals surface area (Å²) < 4.78 is 48.2. The molecule has 3 rings (SSSR count). The van der Waals surface area contributed by atoms with Gasteiger partial charge in [-0.3, -0.25) is 0 Å². The number of nitrogens with one attached hydrogen (secondary N) is 2. The lowest BCUT2D eigenvalue weighted by Crippen LogP contribution is -2.20. The molecule has 0 fully saturated rings. The Morgan fingerprint density at radius 3 is 2.31 bits per heavy atom. The molecule has 35 heavy (non-hydrogen) atoms. The first kappa shape index (κ1) is 26.1. The van der Waals surface area contributed by atoms with E-state index in [9.17, 15) is 18.0 Å². The minimum absolute atomic E-state index is 0.0920. The molecule has 1 aromatic heterocycles. The molecule has 0 bridgehead atoms. The second kappa shape index (κ2) is 12.2. The Kier molecular flexibility index (Phi) is 9.12. The van der Waals surface area contributed by atoms with Crippen molar-refractivity contribution in [3.05, 3.63) is 65.7 Å². The standard InChI is InChI=1S/C23H22BrF3N4O4/c24-10-1-11-34-18-8-2-15(3-9-18)13-28-19-12-20(31-22(30-19)35-14-23(25,26)27)29-17-6-4-16(5-7-17)21(32)33/h2-9,12H,1,10-11,13-14H2,(H,32,33)(H2,28,29,30,31). The Morgan fingerprint density at radius 1 is 1.00 bits per heavy atom. The lowest BCUT2D eigenvalue weighted by molar-refractivity contribution is -0.154. The Bertz CT molecular complexity index is 1110. The lowest BCUT2D eigenvalue weighted by Gasteiger charge is -2.13. The van der Waals surface area contributed by atoms with Gasteiger partial charge in [0, 0.05) is 23.6 Å². The van der Waals surface area contributed by atoms with E-state index in [0.717, 1.165) is 23.1 Å². The molecule has 8 nitrogen and oxygen atoms in total. The number of aromatic carboxylic acids is 1. The summed E-state index contributed by atoms with van der Waals surface area (Å²) in [4.78, 5) is 19.0. The van der Waals surface area contributed by atoms with Crippen molar-refractivity contribution in [2.45, 2.75) is 19.1 Å². The van der Waals surface area contributed by atoms with Gasteiger partial charge < -0.3 is 25.2 Å². The summed E-state index contributed by atoms with van der Waals surface area (Å²) in [7, 11) is 0. The second-order valence-corrected chi connectivity index (χ2v) is 8.01. The van der Waals surface area contributed by atoms with Crippen LogP contribution in [0, 0.1) is 0 Å². The van der Waals surface area contributed by atoms with Gasteiger partial charge >= 0.3 is 18.2 Å². The van der Waals surface area contributed by atoms with Crippen LogP contribution in [-0.2, 0) is 6.54 Å². The highest BCUT2D eigenvalue weighted by Crippen LogP contribution is 2.23. The molecule has 3 N–H and O–H groups in total. The maximum atomic E-state index is 12.6. The van der Waals surface area contributed by atoms with E-state index in [0.29, 0.717) is 18.8 Å². The van der Waals surface area contributed by atoms with E-state index in [-0.39, 0.29) is 17.2 Å². The van der Waals surface area contributed by atoms with Gasteiger partial charge in [0.05, 0.1) is 12.2 Å². The van der Waals surface area contributed by atoms with Gasteiger partial charge in [-0.05, 0) is 48.4 Å². The van der Waals surface area contributed by atoms with Gasteiger partial charge in [0.25, 0.3) is 0 Å². The monoisotopic (exact) mass is 554 g/mol. The average Bonchev–Trinajstić information content (AvgIpc) is 2.82. The maximum Gasteiger partial charge on any atom is 0.422 e. The number of carboxylic acid groups (broad SMARTS) is 1. The predicted octanol–water partition coefficient (Wildman–Crippen LogP) is 5.64. The first-order chi connectivity index (χ1) is 16.7. The van der Waals surface area contributed by atoms with E-state index in [1.165, 1.54) is 30.3 Å². The Hall–Kier alpha value is -3.54. The summed E-state index contributed by atoms with van der Waals surface area (Å²) in [6, 6.07) is 14.2. The molecular weight excluding hydrogens is 533 g/mol. The van der Waals surface area contributed by atoms with Crippen molar-refractivity contribution in [1.82, 2.24) is 9.97 Å². The molecule has 0 radical (unpaired) electrons.